The Hall–Kier alpha value is -3.16. The van der Waals surface area contributed by atoms with E-state index in [0.717, 1.165) is 5.56 Å². The van der Waals surface area contributed by atoms with Gasteiger partial charge in [0.25, 0.3) is 5.91 Å². The van der Waals surface area contributed by atoms with Crippen molar-refractivity contribution in [3.05, 3.63) is 58.3 Å². The highest BCUT2D eigenvalue weighted by molar-refractivity contribution is 5.77. The van der Waals surface area contributed by atoms with E-state index in [9.17, 15) is 14.9 Å². The summed E-state index contributed by atoms with van der Waals surface area (Å²) in [5.41, 5.74) is 0.901. The summed E-state index contributed by atoms with van der Waals surface area (Å²) in [7, 11) is 3.20. The van der Waals surface area contributed by atoms with Crippen LogP contribution in [0.25, 0.3) is 0 Å². The topological polar surface area (TPSA) is 94.8 Å². The Morgan fingerprint density at radius 1 is 1.33 bits per heavy atom. The Morgan fingerprint density at radius 3 is 2.83 bits per heavy atom. The minimum Gasteiger partial charge on any atom is -0.497 e. The number of benzene rings is 1. The Balaban J connectivity index is 1.96. The van der Waals surface area contributed by atoms with Crippen LogP contribution >= 0.6 is 0 Å². The number of nitro groups is 1. The third kappa shape index (κ3) is 4.42. The van der Waals surface area contributed by atoms with Crippen molar-refractivity contribution < 1.29 is 19.2 Å². The molecule has 0 radical (unpaired) electrons. The molecule has 1 heterocycles. The van der Waals surface area contributed by atoms with Crippen LogP contribution in [0.15, 0.2) is 42.6 Å². The SMILES string of the molecule is COc1cccc(CN(C)C(=O)COc2cccnc2[N+](=O)[O-])c1. The van der Waals surface area contributed by atoms with Crippen LogP contribution in [0.2, 0.25) is 0 Å². The molecule has 0 aliphatic rings. The number of ether oxygens (including phenoxy) is 2. The number of carbonyl (C=O) groups is 1. The quantitative estimate of drug-likeness (QED) is 0.569. The van der Waals surface area contributed by atoms with Gasteiger partial charge in [-0.2, -0.15) is 0 Å². The highest BCUT2D eigenvalue weighted by Gasteiger charge is 2.18. The molecular weight excluding hydrogens is 314 g/mol. The molecule has 0 saturated carbocycles. The van der Waals surface area contributed by atoms with Crippen LogP contribution < -0.4 is 9.47 Å². The lowest BCUT2D eigenvalue weighted by atomic mass is 10.2. The smallest absolute Gasteiger partial charge is 0.406 e. The number of carbonyl (C=O) groups excluding carboxylic acids is 1. The molecule has 0 N–H and O–H groups in total. The molecule has 1 amide bonds. The van der Waals surface area contributed by atoms with Gasteiger partial charge in [0.05, 0.1) is 7.11 Å². The van der Waals surface area contributed by atoms with E-state index in [1.165, 1.54) is 23.2 Å². The van der Waals surface area contributed by atoms with Crippen LogP contribution in [-0.2, 0) is 11.3 Å². The Kier molecular flexibility index (Phi) is 5.67. The Bertz CT molecular complexity index is 735. The first-order chi connectivity index (χ1) is 11.5. The number of hydrogen-bond acceptors (Lipinski definition) is 6. The van der Waals surface area contributed by atoms with Crippen molar-refractivity contribution in [2.24, 2.45) is 0 Å². The average Bonchev–Trinajstić information content (AvgIpc) is 2.59. The van der Waals surface area contributed by atoms with Gasteiger partial charge in [0.1, 0.15) is 11.9 Å². The number of methoxy groups -OCH3 is 1. The normalized spacial score (nSPS) is 10.1. The number of aromatic nitrogens is 1. The summed E-state index contributed by atoms with van der Waals surface area (Å²) in [6.45, 7) is 0.0571. The third-order valence-electron chi connectivity index (χ3n) is 3.25. The number of pyridine rings is 1. The summed E-state index contributed by atoms with van der Waals surface area (Å²) in [4.78, 5) is 27.4. The van der Waals surface area contributed by atoms with Crippen LogP contribution in [0.1, 0.15) is 5.56 Å². The molecular formula is C16H17N3O5. The van der Waals surface area contributed by atoms with E-state index in [-0.39, 0.29) is 18.3 Å². The molecule has 0 unspecified atom stereocenters. The maximum absolute atomic E-state index is 12.1. The maximum atomic E-state index is 12.1. The van der Waals surface area contributed by atoms with E-state index in [1.807, 2.05) is 24.3 Å². The van der Waals surface area contributed by atoms with Gasteiger partial charge in [-0.3, -0.25) is 4.79 Å². The largest absolute Gasteiger partial charge is 0.497 e. The first kappa shape index (κ1) is 17.2. The van der Waals surface area contributed by atoms with Crippen LogP contribution in [0.3, 0.4) is 0 Å². The lowest BCUT2D eigenvalue weighted by Gasteiger charge is -2.17. The van der Waals surface area contributed by atoms with Gasteiger partial charge < -0.3 is 24.5 Å². The van der Waals surface area contributed by atoms with Gasteiger partial charge in [-0.1, -0.05) is 12.1 Å². The van der Waals surface area contributed by atoms with Crippen LogP contribution in [-0.4, -0.2) is 41.5 Å². The highest BCUT2D eigenvalue weighted by Crippen LogP contribution is 2.22. The second-order valence-electron chi connectivity index (χ2n) is 4.97. The van der Waals surface area contributed by atoms with E-state index in [0.29, 0.717) is 12.3 Å². The van der Waals surface area contributed by atoms with Crippen molar-refractivity contribution in [2.75, 3.05) is 20.8 Å². The zero-order chi connectivity index (χ0) is 17.5. The lowest BCUT2D eigenvalue weighted by Crippen LogP contribution is -2.31. The third-order valence-corrected chi connectivity index (χ3v) is 3.25. The summed E-state index contributed by atoms with van der Waals surface area (Å²) < 4.78 is 10.4. The Labute approximate surface area is 138 Å². The molecule has 0 spiro atoms. The summed E-state index contributed by atoms with van der Waals surface area (Å²) in [5, 5.41) is 10.9. The fourth-order valence-electron chi connectivity index (χ4n) is 2.01. The molecule has 0 aliphatic carbocycles. The summed E-state index contributed by atoms with van der Waals surface area (Å²) in [6.07, 6.45) is 1.29. The van der Waals surface area contributed by atoms with E-state index in [1.54, 1.807) is 14.2 Å². The van der Waals surface area contributed by atoms with Crippen molar-refractivity contribution in [3.63, 3.8) is 0 Å². The van der Waals surface area contributed by atoms with Crippen molar-refractivity contribution in [3.8, 4) is 11.5 Å². The van der Waals surface area contributed by atoms with Crippen LogP contribution in [0.4, 0.5) is 5.82 Å². The van der Waals surface area contributed by atoms with Crippen LogP contribution in [0, 0.1) is 10.1 Å². The molecule has 0 bridgehead atoms. The molecule has 1 aromatic heterocycles. The van der Waals surface area contributed by atoms with Gasteiger partial charge >= 0.3 is 5.82 Å². The monoisotopic (exact) mass is 331 g/mol. The van der Waals surface area contributed by atoms with Gasteiger partial charge in [-0.25, -0.2) is 0 Å². The standard InChI is InChI=1S/C16H17N3O5/c1-18(10-12-5-3-6-13(9-12)23-2)15(20)11-24-14-7-4-8-17-16(14)19(21)22/h3-9H,10-11H2,1-2H3. The van der Waals surface area contributed by atoms with Crippen molar-refractivity contribution >= 4 is 11.7 Å². The average molecular weight is 331 g/mol. The number of nitrogens with zero attached hydrogens (tertiary/aromatic N) is 3. The summed E-state index contributed by atoms with van der Waals surface area (Å²) in [6, 6.07) is 10.3. The van der Waals surface area contributed by atoms with Gasteiger partial charge in [0, 0.05) is 13.6 Å². The fourth-order valence-corrected chi connectivity index (χ4v) is 2.01. The van der Waals surface area contributed by atoms with E-state index in [2.05, 4.69) is 4.98 Å². The number of likely N-dealkylation sites (N-methyl/N-ethyl adjacent to an activating group) is 1. The second kappa shape index (κ2) is 7.91. The molecule has 2 aromatic rings. The maximum Gasteiger partial charge on any atom is 0.406 e. The zero-order valence-corrected chi connectivity index (χ0v) is 13.3. The first-order valence-corrected chi connectivity index (χ1v) is 7.10. The zero-order valence-electron chi connectivity index (χ0n) is 13.3. The molecule has 24 heavy (non-hydrogen) atoms. The van der Waals surface area contributed by atoms with E-state index in [4.69, 9.17) is 9.47 Å². The van der Waals surface area contributed by atoms with Crippen molar-refractivity contribution in [1.29, 1.82) is 0 Å². The molecule has 2 rings (SSSR count). The van der Waals surface area contributed by atoms with Crippen molar-refractivity contribution in [2.45, 2.75) is 6.54 Å². The first-order valence-electron chi connectivity index (χ1n) is 7.10. The molecule has 0 saturated heterocycles. The molecule has 0 atom stereocenters. The van der Waals surface area contributed by atoms with Crippen molar-refractivity contribution in [1.82, 2.24) is 9.88 Å². The number of rotatable bonds is 7. The Morgan fingerprint density at radius 2 is 2.12 bits per heavy atom. The molecule has 8 heteroatoms. The van der Waals surface area contributed by atoms with Gasteiger partial charge in [-0.05, 0) is 39.7 Å². The van der Waals surface area contributed by atoms with E-state index >= 15 is 0 Å². The van der Waals surface area contributed by atoms with E-state index < -0.39 is 10.7 Å². The summed E-state index contributed by atoms with van der Waals surface area (Å²) >= 11 is 0. The fraction of sp³-hybridized carbons (Fsp3) is 0.250. The second-order valence-corrected chi connectivity index (χ2v) is 4.97. The molecule has 126 valence electrons. The predicted octanol–water partition coefficient (Wildman–Crippen LogP) is 2.04. The molecule has 0 aliphatic heterocycles. The van der Waals surface area contributed by atoms with Crippen LogP contribution in [0.5, 0.6) is 11.5 Å². The predicted molar refractivity (Wildman–Crippen MR) is 85.9 cm³/mol. The lowest BCUT2D eigenvalue weighted by molar-refractivity contribution is -0.390. The minimum atomic E-state index is -0.653. The molecule has 0 fully saturated rings. The van der Waals surface area contributed by atoms with Gasteiger partial charge in [0.15, 0.2) is 6.61 Å². The number of amides is 1. The highest BCUT2D eigenvalue weighted by atomic mass is 16.6. The molecule has 8 nitrogen and oxygen atoms in total. The molecule has 1 aromatic carbocycles. The van der Waals surface area contributed by atoms with Gasteiger partial charge in [0.2, 0.25) is 5.75 Å². The summed E-state index contributed by atoms with van der Waals surface area (Å²) in [5.74, 6) is -0.0575. The number of hydrogen-bond donors (Lipinski definition) is 0. The van der Waals surface area contributed by atoms with Gasteiger partial charge in [-0.15, -0.1) is 0 Å². The minimum absolute atomic E-state index is 0.0365.